The Morgan fingerprint density at radius 2 is 2.43 bits per heavy atom. The summed E-state index contributed by atoms with van der Waals surface area (Å²) in [5.41, 5.74) is 4.74. The van der Waals surface area contributed by atoms with Crippen LogP contribution in [0.1, 0.15) is 19.8 Å². The minimum Gasteiger partial charge on any atom is -0.388 e. The van der Waals surface area contributed by atoms with Crippen molar-refractivity contribution in [2.45, 2.75) is 25.4 Å². The second-order valence-electron chi connectivity index (χ2n) is 3.94. The number of aromatic nitrogens is 2. The van der Waals surface area contributed by atoms with Crippen molar-refractivity contribution in [3.63, 3.8) is 0 Å². The summed E-state index contributed by atoms with van der Waals surface area (Å²) in [6, 6.07) is 0. The van der Waals surface area contributed by atoms with Gasteiger partial charge in [-0.3, -0.25) is 0 Å². The molecular weight excluding hydrogens is 200 g/mol. The first-order valence-corrected chi connectivity index (χ1v) is 5.41. The largest absolute Gasteiger partial charge is 0.388 e. The Hall–Kier alpha value is -0.880. The van der Waals surface area contributed by atoms with Crippen LogP contribution in [0.3, 0.4) is 0 Å². The highest BCUT2D eigenvalue weighted by Crippen LogP contribution is 2.39. The van der Waals surface area contributed by atoms with Crippen LogP contribution in [0.2, 0.25) is 0 Å². The van der Waals surface area contributed by atoms with Crippen LogP contribution < -0.4 is 11.1 Å². The van der Waals surface area contributed by atoms with Gasteiger partial charge in [0, 0.05) is 18.1 Å². The zero-order valence-corrected chi connectivity index (χ0v) is 8.84. The number of anilines is 2. The van der Waals surface area contributed by atoms with Gasteiger partial charge in [0.15, 0.2) is 0 Å². The number of hydrogen-bond acceptors (Lipinski definition) is 6. The molecule has 14 heavy (non-hydrogen) atoms. The molecule has 2 rings (SSSR count). The summed E-state index contributed by atoms with van der Waals surface area (Å²) in [4.78, 5) is 3.96. The molecule has 1 unspecified atom stereocenters. The maximum absolute atomic E-state index is 9.99. The van der Waals surface area contributed by atoms with Crippen LogP contribution >= 0.6 is 11.5 Å². The van der Waals surface area contributed by atoms with Crippen LogP contribution in [-0.2, 0) is 0 Å². The Morgan fingerprint density at radius 1 is 1.71 bits per heavy atom. The fourth-order valence-electron chi connectivity index (χ4n) is 1.41. The topological polar surface area (TPSA) is 84.1 Å². The highest BCUT2D eigenvalue weighted by molar-refractivity contribution is 7.09. The van der Waals surface area contributed by atoms with E-state index in [1.54, 1.807) is 0 Å². The predicted octanol–water partition coefficient (Wildman–Crippen LogP) is 0.693. The lowest BCUT2D eigenvalue weighted by atomic mass is 10.0. The minimum atomic E-state index is -0.638. The molecule has 0 aromatic carbocycles. The van der Waals surface area contributed by atoms with Crippen molar-refractivity contribution in [3.05, 3.63) is 0 Å². The molecule has 1 heterocycles. The van der Waals surface area contributed by atoms with E-state index in [4.69, 9.17) is 5.73 Å². The Morgan fingerprint density at radius 3 is 2.93 bits per heavy atom. The van der Waals surface area contributed by atoms with E-state index in [-0.39, 0.29) is 5.95 Å². The second kappa shape index (κ2) is 3.36. The van der Waals surface area contributed by atoms with E-state index >= 15 is 0 Å². The molecule has 1 aromatic rings. The SMILES string of the molecule is CC(O)(CNc1nc(N)ns1)C1CC1. The molecular formula is C8H14N4OS. The Labute approximate surface area is 86.5 Å². The van der Waals surface area contributed by atoms with Gasteiger partial charge in [-0.25, -0.2) is 0 Å². The van der Waals surface area contributed by atoms with E-state index in [0.717, 1.165) is 12.8 Å². The van der Waals surface area contributed by atoms with Crippen LogP contribution in [0.25, 0.3) is 0 Å². The van der Waals surface area contributed by atoms with Crippen LogP contribution in [0.4, 0.5) is 11.1 Å². The second-order valence-corrected chi connectivity index (χ2v) is 4.69. The van der Waals surface area contributed by atoms with Gasteiger partial charge in [-0.2, -0.15) is 9.36 Å². The molecule has 5 nitrogen and oxygen atoms in total. The summed E-state index contributed by atoms with van der Waals surface area (Å²) in [6.07, 6.45) is 2.24. The zero-order chi connectivity index (χ0) is 10.2. The molecule has 0 spiro atoms. The number of hydrogen-bond donors (Lipinski definition) is 3. The molecule has 0 radical (unpaired) electrons. The minimum absolute atomic E-state index is 0.281. The predicted molar refractivity (Wildman–Crippen MR) is 56.2 cm³/mol. The highest BCUT2D eigenvalue weighted by atomic mass is 32.1. The van der Waals surface area contributed by atoms with Gasteiger partial charge in [0.2, 0.25) is 11.1 Å². The molecule has 0 bridgehead atoms. The first-order valence-electron chi connectivity index (χ1n) is 4.63. The molecule has 0 saturated heterocycles. The van der Waals surface area contributed by atoms with E-state index < -0.39 is 5.60 Å². The fraction of sp³-hybridized carbons (Fsp3) is 0.750. The summed E-state index contributed by atoms with van der Waals surface area (Å²) < 4.78 is 3.84. The van der Waals surface area contributed by atoms with E-state index in [1.165, 1.54) is 11.5 Å². The van der Waals surface area contributed by atoms with Gasteiger partial charge in [-0.05, 0) is 25.7 Å². The fourth-order valence-corrected chi connectivity index (χ4v) is 1.90. The van der Waals surface area contributed by atoms with Crippen molar-refractivity contribution in [2.75, 3.05) is 17.6 Å². The molecule has 4 N–H and O–H groups in total. The summed E-state index contributed by atoms with van der Waals surface area (Å²) in [5, 5.41) is 13.7. The van der Waals surface area contributed by atoms with Crippen LogP contribution in [0.5, 0.6) is 0 Å². The average molecular weight is 214 g/mol. The maximum atomic E-state index is 9.99. The quantitative estimate of drug-likeness (QED) is 0.687. The van der Waals surface area contributed by atoms with Crippen molar-refractivity contribution < 1.29 is 5.11 Å². The van der Waals surface area contributed by atoms with E-state index in [9.17, 15) is 5.11 Å². The van der Waals surface area contributed by atoms with Gasteiger partial charge in [0.25, 0.3) is 0 Å². The normalized spacial score (nSPS) is 20.4. The number of nitrogen functional groups attached to an aromatic ring is 1. The molecule has 0 amide bonds. The third-order valence-electron chi connectivity index (χ3n) is 2.50. The Kier molecular flexibility index (Phi) is 2.32. The molecule has 78 valence electrons. The number of nitrogens with one attached hydrogen (secondary N) is 1. The average Bonchev–Trinajstić information content (AvgIpc) is 2.89. The maximum Gasteiger partial charge on any atom is 0.233 e. The van der Waals surface area contributed by atoms with Crippen molar-refractivity contribution in [2.24, 2.45) is 5.92 Å². The van der Waals surface area contributed by atoms with Crippen LogP contribution in [-0.4, -0.2) is 26.6 Å². The smallest absolute Gasteiger partial charge is 0.233 e. The van der Waals surface area contributed by atoms with E-state index in [1.807, 2.05) is 6.92 Å². The van der Waals surface area contributed by atoms with E-state index in [0.29, 0.717) is 17.6 Å². The Balaban J connectivity index is 1.87. The first-order chi connectivity index (χ1) is 6.58. The van der Waals surface area contributed by atoms with Gasteiger partial charge in [0.1, 0.15) is 0 Å². The lowest BCUT2D eigenvalue weighted by Crippen LogP contribution is -2.35. The van der Waals surface area contributed by atoms with Crippen molar-refractivity contribution in [1.82, 2.24) is 9.36 Å². The van der Waals surface area contributed by atoms with Crippen molar-refractivity contribution in [1.29, 1.82) is 0 Å². The third kappa shape index (κ3) is 2.13. The zero-order valence-electron chi connectivity index (χ0n) is 8.03. The number of nitrogens with two attached hydrogens (primary N) is 1. The molecule has 0 aliphatic heterocycles. The van der Waals surface area contributed by atoms with Gasteiger partial charge in [-0.1, -0.05) is 0 Å². The lowest BCUT2D eigenvalue weighted by Gasteiger charge is -2.22. The van der Waals surface area contributed by atoms with Crippen LogP contribution in [0, 0.1) is 5.92 Å². The number of nitrogens with zero attached hydrogens (tertiary/aromatic N) is 2. The highest BCUT2D eigenvalue weighted by Gasteiger charge is 2.39. The van der Waals surface area contributed by atoms with Crippen molar-refractivity contribution in [3.8, 4) is 0 Å². The van der Waals surface area contributed by atoms with Crippen molar-refractivity contribution >= 4 is 22.6 Å². The van der Waals surface area contributed by atoms with Crippen LogP contribution in [0.15, 0.2) is 0 Å². The molecule has 1 aromatic heterocycles. The third-order valence-corrected chi connectivity index (χ3v) is 3.18. The molecule has 1 atom stereocenters. The van der Waals surface area contributed by atoms with Gasteiger partial charge in [-0.15, -0.1) is 0 Å². The molecule has 1 aliphatic rings. The molecule has 1 aliphatic carbocycles. The lowest BCUT2D eigenvalue weighted by molar-refractivity contribution is 0.0503. The Bertz CT molecular complexity index is 321. The molecule has 6 heteroatoms. The van der Waals surface area contributed by atoms with Gasteiger partial charge in [0.05, 0.1) is 5.60 Å². The summed E-state index contributed by atoms with van der Waals surface area (Å²) in [6.45, 7) is 2.36. The first kappa shape index (κ1) is 9.67. The van der Waals surface area contributed by atoms with Gasteiger partial charge >= 0.3 is 0 Å². The molecule has 1 saturated carbocycles. The van der Waals surface area contributed by atoms with E-state index in [2.05, 4.69) is 14.7 Å². The summed E-state index contributed by atoms with van der Waals surface area (Å²) in [5.74, 6) is 0.712. The molecule has 1 fully saturated rings. The standard InChI is InChI=1S/C8H14N4OS/c1-8(13,5-2-3-5)4-10-7-11-6(9)12-14-7/h5,13H,2-4H2,1H3,(H3,9,10,11,12). The number of aliphatic hydroxyl groups is 1. The monoisotopic (exact) mass is 214 g/mol. The number of rotatable bonds is 4. The van der Waals surface area contributed by atoms with Gasteiger partial charge < -0.3 is 16.2 Å². The summed E-state index contributed by atoms with van der Waals surface area (Å²) in [7, 11) is 0. The summed E-state index contributed by atoms with van der Waals surface area (Å²) >= 11 is 1.21.